The Morgan fingerprint density at radius 2 is 1.70 bits per heavy atom. The van der Waals surface area contributed by atoms with Gasteiger partial charge in [-0.1, -0.05) is 36.4 Å². The van der Waals surface area contributed by atoms with E-state index < -0.39 is 5.97 Å². The summed E-state index contributed by atoms with van der Waals surface area (Å²) in [6, 6.07) is 15.7. The zero-order chi connectivity index (χ0) is 18.6. The van der Waals surface area contributed by atoms with Crippen LogP contribution in [0.25, 0.3) is 0 Å². The Morgan fingerprint density at radius 1 is 1.00 bits per heavy atom. The number of carbonyl (C=O) groups excluding carboxylic acids is 2. The van der Waals surface area contributed by atoms with Crippen LogP contribution in [-0.2, 0) is 22.5 Å². The van der Waals surface area contributed by atoms with E-state index in [4.69, 9.17) is 4.74 Å². The molecular formula is C21H21NO3S2. The fourth-order valence-corrected chi connectivity index (χ4v) is 6.20. The fraction of sp³-hybridized carbons (Fsp3) is 0.333. The normalized spacial score (nSPS) is 16.8. The quantitative estimate of drug-likeness (QED) is 0.730. The molecule has 1 amide bonds. The predicted octanol–water partition coefficient (Wildman–Crippen LogP) is 3.91. The van der Waals surface area contributed by atoms with Crippen molar-refractivity contribution in [2.45, 2.75) is 17.5 Å². The Morgan fingerprint density at radius 3 is 2.44 bits per heavy atom. The van der Waals surface area contributed by atoms with Crippen molar-refractivity contribution in [2.24, 2.45) is 0 Å². The lowest BCUT2D eigenvalue weighted by Crippen LogP contribution is -2.38. The van der Waals surface area contributed by atoms with Crippen molar-refractivity contribution in [3.8, 4) is 0 Å². The summed E-state index contributed by atoms with van der Waals surface area (Å²) in [5.74, 6) is 1.75. The smallest absolute Gasteiger partial charge is 0.338 e. The van der Waals surface area contributed by atoms with Gasteiger partial charge < -0.3 is 9.64 Å². The SMILES string of the molecule is O=C(OCC(=O)N1CCc2ccccc2C1)c1ccc(C2SCCS2)cc1. The summed E-state index contributed by atoms with van der Waals surface area (Å²) < 4.78 is 5.71. The molecule has 0 unspecified atom stereocenters. The van der Waals surface area contributed by atoms with Gasteiger partial charge in [-0.25, -0.2) is 4.79 Å². The minimum atomic E-state index is -0.445. The maximum atomic E-state index is 12.4. The van der Waals surface area contributed by atoms with Crippen molar-refractivity contribution in [1.82, 2.24) is 4.90 Å². The Balaban J connectivity index is 1.30. The summed E-state index contributed by atoms with van der Waals surface area (Å²) in [5, 5.41) is 0. The van der Waals surface area contributed by atoms with Crippen LogP contribution in [0, 0.1) is 0 Å². The number of hydrogen-bond acceptors (Lipinski definition) is 5. The number of benzene rings is 2. The van der Waals surface area contributed by atoms with Gasteiger partial charge in [-0.2, -0.15) is 0 Å². The summed E-state index contributed by atoms with van der Waals surface area (Å²) in [5.41, 5.74) is 4.17. The summed E-state index contributed by atoms with van der Waals surface area (Å²) in [6.45, 7) is 1.04. The molecule has 0 spiro atoms. The number of rotatable bonds is 4. The van der Waals surface area contributed by atoms with Gasteiger partial charge >= 0.3 is 5.97 Å². The van der Waals surface area contributed by atoms with Crippen molar-refractivity contribution >= 4 is 35.4 Å². The molecule has 0 N–H and O–H groups in total. The van der Waals surface area contributed by atoms with Gasteiger partial charge in [0, 0.05) is 24.6 Å². The molecule has 0 atom stereocenters. The highest BCUT2D eigenvalue weighted by atomic mass is 32.2. The van der Waals surface area contributed by atoms with Crippen LogP contribution in [-0.4, -0.2) is 41.4 Å². The lowest BCUT2D eigenvalue weighted by atomic mass is 10.00. The summed E-state index contributed by atoms with van der Waals surface area (Å²) in [6.07, 6.45) is 0.842. The van der Waals surface area contributed by atoms with E-state index in [2.05, 4.69) is 6.07 Å². The van der Waals surface area contributed by atoms with E-state index in [9.17, 15) is 9.59 Å². The van der Waals surface area contributed by atoms with Gasteiger partial charge in [0.25, 0.3) is 5.91 Å². The molecule has 2 heterocycles. The third kappa shape index (κ3) is 4.33. The van der Waals surface area contributed by atoms with Crippen molar-refractivity contribution < 1.29 is 14.3 Å². The second-order valence-corrected chi connectivity index (χ2v) is 9.33. The van der Waals surface area contributed by atoms with E-state index in [1.165, 1.54) is 28.2 Å². The summed E-state index contributed by atoms with van der Waals surface area (Å²) in [7, 11) is 0. The van der Waals surface area contributed by atoms with Crippen LogP contribution >= 0.6 is 23.5 Å². The maximum absolute atomic E-state index is 12.4. The van der Waals surface area contributed by atoms with Crippen molar-refractivity contribution in [1.29, 1.82) is 0 Å². The molecule has 0 saturated carbocycles. The second-order valence-electron chi connectivity index (χ2n) is 6.61. The van der Waals surface area contributed by atoms with Crippen LogP contribution in [0.3, 0.4) is 0 Å². The lowest BCUT2D eigenvalue weighted by Gasteiger charge is -2.28. The molecule has 4 rings (SSSR count). The summed E-state index contributed by atoms with van der Waals surface area (Å²) >= 11 is 3.86. The molecule has 1 fully saturated rings. The van der Waals surface area contributed by atoms with Gasteiger partial charge in [0.15, 0.2) is 6.61 Å². The van der Waals surface area contributed by atoms with E-state index in [1.807, 2.05) is 53.9 Å². The molecule has 27 heavy (non-hydrogen) atoms. The molecule has 2 aromatic carbocycles. The zero-order valence-corrected chi connectivity index (χ0v) is 16.6. The number of hydrogen-bond donors (Lipinski definition) is 0. The van der Waals surface area contributed by atoms with Gasteiger partial charge in [0.1, 0.15) is 0 Å². The van der Waals surface area contributed by atoms with Crippen molar-refractivity contribution in [2.75, 3.05) is 24.7 Å². The van der Waals surface area contributed by atoms with Crippen LogP contribution in [0.5, 0.6) is 0 Å². The first kappa shape index (κ1) is 18.4. The van der Waals surface area contributed by atoms with E-state index in [-0.39, 0.29) is 12.5 Å². The average Bonchev–Trinajstić information content (AvgIpc) is 3.26. The van der Waals surface area contributed by atoms with Gasteiger partial charge in [0.05, 0.1) is 10.1 Å². The monoisotopic (exact) mass is 399 g/mol. The second kappa shape index (κ2) is 8.40. The Bertz CT molecular complexity index is 832. The Hall–Kier alpha value is -1.92. The van der Waals surface area contributed by atoms with Crippen LogP contribution in [0.15, 0.2) is 48.5 Å². The van der Waals surface area contributed by atoms with Crippen LogP contribution in [0.1, 0.15) is 31.6 Å². The van der Waals surface area contributed by atoms with Gasteiger partial charge in [-0.3, -0.25) is 4.79 Å². The lowest BCUT2D eigenvalue weighted by molar-refractivity contribution is -0.135. The van der Waals surface area contributed by atoms with Gasteiger partial charge in [0.2, 0.25) is 0 Å². The minimum absolute atomic E-state index is 0.145. The molecule has 6 heteroatoms. The summed E-state index contributed by atoms with van der Waals surface area (Å²) in [4.78, 5) is 26.4. The first-order valence-electron chi connectivity index (χ1n) is 9.05. The molecule has 2 aromatic rings. The molecule has 2 aliphatic rings. The molecule has 1 saturated heterocycles. The van der Waals surface area contributed by atoms with E-state index >= 15 is 0 Å². The zero-order valence-electron chi connectivity index (χ0n) is 14.9. The average molecular weight is 400 g/mol. The molecule has 140 valence electrons. The fourth-order valence-electron chi connectivity index (χ4n) is 3.34. The highest BCUT2D eigenvalue weighted by molar-refractivity contribution is 8.19. The van der Waals surface area contributed by atoms with E-state index in [1.54, 1.807) is 17.0 Å². The number of carbonyl (C=O) groups is 2. The minimum Gasteiger partial charge on any atom is -0.452 e. The first-order valence-corrected chi connectivity index (χ1v) is 11.2. The largest absolute Gasteiger partial charge is 0.452 e. The molecule has 0 bridgehead atoms. The van der Waals surface area contributed by atoms with Crippen LogP contribution in [0.4, 0.5) is 0 Å². The molecule has 2 aliphatic heterocycles. The molecular weight excluding hydrogens is 378 g/mol. The molecule has 0 aromatic heterocycles. The Kier molecular flexibility index (Phi) is 5.74. The van der Waals surface area contributed by atoms with Gasteiger partial charge in [-0.15, -0.1) is 23.5 Å². The molecule has 0 aliphatic carbocycles. The molecule has 0 radical (unpaired) electrons. The van der Waals surface area contributed by atoms with Crippen LogP contribution < -0.4 is 0 Å². The highest BCUT2D eigenvalue weighted by Crippen LogP contribution is 2.45. The number of ether oxygens (including phenoxy) is 1. The first-order chi connectivity index (χ1) is 13.2. The van der Waals surface area contributed by atoms with E-state index in [0.717, 1.165) is 6.42 Å². The predicted molar refractivity (Wildman–Crippen MR) is 110 cm³/mol. The van der Waals surface area contributed by atoms with Crippen LogP contribution in [0.2, 0.25) is 0 Å². The number of thioether (sulfide) groups is 2. The number of fused-ring (bicyclic) bond motifs is 1. The third-order valence-electron chi connectivity index (χ3n) is 4.85. The number of amides is 1. The highest BCUT2D eigenvalue weighted by Gasteiger charge is 2.22. The number of esters is 1. The third-order valence-corrected chi connectivity index (χ3v) is 7.95. The van der Waals surface area contributed by atoms with Crippen molar-refractivity contribution in [3.63, 3.8) is 0 Å². The standard InChI is InChI=1S/C21H21NO3S2/c23-19(22-10-9-15-3-1-2-4-18(15)13-22)14-25-20(24)16-5-7-17(8-6-16)21-26-11-12-27-21/h1-8,21H,9-14H2. The Labute approximate surface area is 167 Å². The van der Waals surface area contributed by atoms with Crippen molar-refractivity contribution in [3.05, 3.63) is 70.8 Å². The van der Waals surface area contributed by atoms with E-state index in [0.29, 0.717) is 23.2 Å². The topological polar surface area (TPSA) is 46.6 Å². The number of nitrogens with zero attached hydrogens (tertiary/aromatic N) is 1. The molecule has 4 nitrogen and oxygen atoms in total. The maximum Gasteiger partial charge on any atom is 0.338 e. The van der Waals surface area contributed by atoms with Gasteiger partial charge in [-0.05, 0) is 35.2 Å².